The second-order valence-electron chi connectivity index (χ2n) is 5.78. The van der Waals surface area contributed by atoms with E-state index >= 15 is 0 Å². The van der Waals surface area contributed by atoms with Crippen molar-refractivity contribution in [1.29, 1.82) is 0 Å². The molecule has 0 N–H and O–H groups in total. The Morgan fingerprint density at radius 3 is 2.00 bits per heavy atom. The highest BCUT2D eigenvalue weighted by molar-refractivity contribution is 8.03. The van der Waals surface area contributed by atoms with Gasteiger partial charge >= 0.3 is 0 Å². The molecule has 0 saturated heterocycles. The van der Waals surface area contributed by atoms with E-state index in [0.29, 0.717) is 20.1 Å². The molecule has 0 aliphatic heterocycles. The van der Waals surface area contributed by atoms with E-state index in [1.54, 1.807) is 29.7 Å². The van der Waals surface area contributed by atoms with Crippen molar-refractivity contribution in [2.24, 2.45) is 0 Å². The third-order valence-electron chi connectivity index (χ3n) is 3.86. The van der Waals surface area contributed by atoms with Gasteiger partial charge in [0, 0.05) is 39.7 Å². The second-order valence-corrected chi connectivity index (χ2v) is 9.75. The molecule has 0 saturated carbocycles. The highest BCUT2D eigenvalue weighted by atomic mass is 35.5. The van der Waals surface area contributed by atoms with Gasteiger partial charge in [-0.1, -0.05) is 58.5 Å². The van der Waals surface area contributed by atoms with Crippen molar-refractivity contribution >= 4 is 69.9 Å². The van der Waals surface area contributed by atoms with Gasteiger partial charge in [-0.05, 0) is 31.2 Å². The molecular formula is C19H16Cl4N2S2. The Kier molecular flexibility index (Phi) is 7.72. The number of imidazole rings is 1. The maximum absolute atomic E-state index is 6.38. The highest BCUT2D eigenvalue weighted by Gasteiger charge is 2.18. The van der Waals surface area contributed by atoms with E-state index in [9.17, 15) is 0 Å². The Labute approximate surface area is 187 Å². The fraction of sp³-hybridized carbons (Fsp3) is 0.211. The maximum atomic E-state index is 6.38. The third-order valence-corrected chi connectivity index (χ3v) is 8.40. The molecule has 3 aromatic rings. The number of hydrogen-bond donors (Lipinski definition) is 0. The van der Waals surface area contributed by atoms with E-state index in [2.05, 4.69) is 9.55 Å². The van der Waals surface area contributed by atoms with Crippen molar-refractivity contribution in [3.63, 3.8) is 0 Å². The van der Waals surface area contributed by atoms with Crippen LogP contribution in [0.4, 0.5) is 0 Å². The molecule has 142 valence electrons. The van der Waals surface area contributed by atoms with Crippen LogP contribution in [0.3, 0.4) is 0 Å². The molecule has 0 amide bonds. The molecule has 1 unspecified atom stereocenters. The minimum atomic E-state index is 0.188. The van der Waals surface area contributed by atoms with Crippen molar-refractivity contribution in [1.82, 2.24) is 9.55 Å². The Morgan fingerprint density at radius 2 is 1.48 bits per heavy atom. The van der Waals surface area contributed by atoms with Gasteiger partial charge in [0.25, 0.3) is 0 Å². The summed E-state index contributed by atoms with van der Waals surface area (Å²) in [6.07, 6.45) is 3.78. The number of nitrogens with zero attached hydrogens (tertiary/aromatic N) is 2. The van der Waals surface area contributed by atoms with Gasteiger partial charge in [-0.2, -0.15) is 0 Å². The first-order valence-electron chi connectivity index (χ1n) is 8.11. The van der Waals surface area contributed by atoms with Gasteiger partial charge in [0.05, 0.1) is 20.1 Å². The van der Waals surface area contributed by atoms with Gasteiger partial charge in [-0.3, -0.25) is 0 Å². The van der Waals surface area contributed by atoms with Crippen LogP contribution in [0.1, 0.15) is 5.82 Å². The largest absolute Gasteiger partial charge is 0.334 e. The number of benzene rings is 2. The Bertz CT molecular complexity index is 889. The zero-order chi connectivity index (χ0) is 19.4. The molecule has 0 aliphatic carbocycles. The predicted octanol–water partition coefficient (Wildman–Crippen LogP) is 7.76. The number of rotatable bonds is 7. The Morgan fingerprint density at radius 1 is 0.926 bits per heavy atom. The number of thioether (sulfide) groups is 2. The zero-order valence-corrected chi connectivity index (χ0v) is 19.0. The smallest absolute Gasteiger partial charge is 0.105 e. The van der Waals surface area contributed by atoms with Gasteiger partial charge in [0.2, 0.25) is 0 Å². The molecule has 3 rings (SSSR count). The lowest BCUT2D eigenvalue weighted by Crippen LogP contribution is -2.16. The van der Waals surface area contributed by atoms with E-state index in [0.717, 1.165) is 27.9 Å². The first-order valence-corrected chi connectivity index (χ1v) is 11.5. The summed E-state index contributed by atoms with van der Waals surface area (Å²) in [7, 11) is 0. The summed E-state index contributed by atoms with van der Waals surface area (Å²) in [5.74, 6) is 1.75. The van der Waals surface area contributed by atoms with Crippen LogP contribution in [0.25, 0.3) is 0 Å². The first-order chi connectivity index (χ1) is 13.0. The van der Waals surface area contributed by atoms with Crippen LogP contribution in [0.15, 0.2) is 58.6 Å². The maximum Gasteiger partial charge on any atom is 0.105 e. The molecule has 0 radical (unpaired) electrons. The first kappa shape index (κ1) is 21.2. The highest BCUT2D eigenvalue weighted by Crippen LogP contribution is 2.40. The lowest BCUT2D eigenvalue weighted by Gasteiger charge is -2.20. The van der Waals surface area contributed by atoms with Crippen molar-refractivity contribution in [2.45, 2.75) is 28.5 Å². The Balaban J connectivity index is 1.82. The lowest BCUT2D eigenvalue weighted by molar-refractivity contribution is 0.673. The summed E-state index contributed by atoms with van der Waals surface area (Å²) in [4.78, 5) is 6.08. The topological polar surface area (TPSA) is 17.8 Å². The molecule has 27 heavy (non-hydrogen) atoms. The monoisotopic (exact) mass is 476 g/mol. The van der Waals surface area contributed by atoms with E-state index in [4.69, 9.17) is 46.4 Å². The Hall–Kier alpha value is -0.490. The van der Waals surface area contributed by atoms with Gasteiger partial charge < -0.3 is 4.57 Å². The summed E-state index contributed by atoms with van der Waals surface area (Å²) in [6, 6.07) is 11.1. The van der Waals surface area contributed by atoms with E-state index in [1.807, 2.05) is 49.5 Å². The van der Waals surface area contributed by atoms with Gasteiger partial charge in [-0.15, -0.1) is 23.5 Å². The minimum absolute atomic E-state index is 0.188. The van der Waals surface area contributed by atoms with E-state index in [-0.39, 0.29) is 5.25 Å². The van der Waals surface area contributed by atoms with Gasteiger partial charge in [0.15, 0.2) is 0 Å². The normalized spacial score (nSPS) is 12.3. The zero-order valence-electron chi connectivity index (χ0n) is 14.3. The van der Waals surface area contributed by atoms with Crippen LogP contribution in [-0.4, -0.2) is 20.6 Å². The SMILES string of the molecule is Cc1nccn1CC(CSc1c(Cl)cccc1Cl)Sc1c(Cl)cccc1Cl. The summed E-state index contributed by atoms with van der Waals surface area (Å²) in [5, 5.41) is 2.81. The van der Waals surface area contributed by atoms with Crippen LogP contribution in [-0.2, 0) is 6.54 Å². The average Bonchev–Trinajstić information content (AvgIpc) is 3.02. The van der Waals surface area contributed by atoms with Crippen LogP contribution in [0.5, 0.6) is 0 Å². The van der Waals surface area contributed by atoms with Crippen molar-refractivity contribution in [3.05, 3.63) is 74.7 Å². The molecule has 1 atom stereocenters. The van der Waals surface area contributed by atoms with Crippen molar-refractivity contribution in [2.75, 3.05) is 5.75 Å². The van der Waals surface area contributed by atoms with E-state index < -0.39 is 0 Å². The molecule has 2 nitrogen and oxygen atoms in total. The summed E-state index contributed by atoms with van der Waals surface area (Å²) >= 11 is 28.7. The fourth-order valence-corrected chi connectivity index (χ4v) is 6.16. The van der Waals surface area contributed by atoms with E-state index in [1.165, 1.54) is 0 Å². The van der Waals surface area contributed by atoms with Crippen LogP contribution < -0.4 is 0 Å². The number of halogens is 4. The minimum Gasteiger partial charge on any atom is -0.334 e. The number of hydrogen-bond acceptors (Lipinski definition) is 3. The molecule has 1 heterocycles. The molecule has 0 bridgehead atoms. The third kappa shape index (κ3) is 5.53. The lowest BCUT2D eigenvalue weighted by atomic mass is 10.4. The van der Waals surface area contributed by atoms with Crippen molar-refractivity contribution < 1.29 is 0 Å². The van der Waals surface area contributed by atoms with Crippen LogP contribution >= 0.6 is 69.9 Å². The predicted molar refractivity (Wildman–Crippen MR) is 120 cm³/mol. The summed E-state index contributed by atoms with van der Waals surface area (Å²) < 4.78 is 2.12. The van der Waals surface area contributed by atoms with Gasteiger partial charge in [0.1, 0.15) is 5.82 Å². The number of aromatic nitrogens is 2. The molecule has 1 aromatic heterocycles. The molecule has 0 aliphatic rings. The summed E-state index contributed by atoms with van der Waals surface area (Å²) in [5.41, 5.74) is 0. The van der Waals surface area contributed by atoms with Gasteiger partial charge in [-0.25, -0.2) is 4.98 Å². The molecule has 0 spiro atoms. The standard InChI is InChI=1S/C19H16Cl4N2S2/c1-12-24-8-9-25(12)10-13(27-19-16(22)6-3-7-17(19)23)11-26-18-14(20)4-2-5-15(18)21/h2-9,13H,10-11H2,1H3. The molecule has 2 aromatic carbocycles. The van der Waals surface area contributed by atoms with Crippen LogP contribution in [0.2, 0.25) is 20.1 Å². The molecular weight excluding hydrogens is 462 g/mol. The van der Waals surface area contributed by atoms with Crippen molar-refractivity contribution in [3.8, 4) is 0 Å². The number of aryl methyl sites for hydroxylation is 1. The molecule has 8 heteroatoms. The second kappa shape index (κ2) is 9.82. The molecule has 0 fully saturated rings. The quantitative estimate of drug-likeness (QED) is 0.323. The van der Waals surface area contributed by atoms with Crippen LogP contribution in [0, 0.1) is 6.92 Å². The fourth-order valence-electron chi connectivity index (χ4n) is 2.50. The summed E-state index contributed by atoms with van der Waals surface area (Å²) in [6.45, 7) is 2.76. The average molecular weight is 478 g/mol.